The van der Waals surface area contributed by atoms with E-state index in [4.69, 9.17) is 4.98 Å². The zero-order chi connectivity index (χ0) is 24.3. The zero-order valence-corrected chi connectivity index (χ0v) is 20.5. The second-order valence-electron chi connectivity index (χ2n) is 8.06. The quantitative estimate of drug-likeness (QED) is 0.311. The lowest BCUT2D eigenvalue weighted by atomic mass is 10.1. The number of carbonyl (C=O) groups excluding carboxylic acids is 1. The fraction of sp³-hybridized carbons (Fsp3) is 0.240. The van der Waals surface area contributed by atoms with E-state index in [-0.39, 0.29) is 29.4 Å². The molecule has 2 aromatic heterocycles. The summed E-state index contributed by atoms with van der Waals surface area (Å²) in [5.74, 6) is -0.910. The minimum Gasteiger partial charge on any atom is -0.284 e. The lowest BCUT2D eigenvalue weighted by Crippen LogP contribution is -2.30. The maximum absolute atomic E-state index is 13.3. The Balaban J connectivity index is 1.55. The van der Waals surface area contributed by atoms with Gasteiger partial charge in [0.05, 0.1) is 27.4 Å². The number of sulfone groups is 1. The number of amides is 1. The van der Waals surface area contributed by atoms with Crippen molar-refractivity contribution >= 4 is 42.4 Å². The molecular weight excluding hydrogens is 473 g/mol. The summed E-state index contributed by atoms with van der Waals surface area (Å²) in [6, 6.07) is 12.4. The molecule has 4 rings (SSSR count). The van der Waals surface area contributed by atoms with Crippen molar-refractivity contribution in [3.05, 3.63) is 83.4 Å². The minimum atomic E-state index is -3.61. The third kappa shape index (κ3) is 5.31. The maximum Gasteiger partial charge on any atom is 0.229 e. The number of thiazole rings is 1. The Morgan fingerprint density at radius 1 is 1.03 bits per heavy atom. The molecule has 0 fully saturated rings. The van der Waals surface area contributed by atoms with Crippen LogP contribution >= 0.6 is 11.3 Å². The van der Waals surface area contributed by atoms with Crippen LogP contribution in [0.5, 0.6) is 0 Å². The van der Waals surface area contributed by atoms with E-state index in [1.807, 2.05) is 38.1 Å². The van der Waals surface area contributed by atoms with Crippen LogP contribution in [0.25, 0.3) is 10.2 Å². The van der Waals surface area contributed by atoms with Gasteiger partial charge in [0.25, 0.3) is 0 Å². The van der Waals surface area contributed by atoms with Crippen LogP contribution in [-0.4, -0.2) is 30.0 Å². The molecule has 0 saturated heterocycles. The van der Waals surface area contributed by atoms with Gasteiger partial charge in [-0.2, -0.15) is 0 Å². The first-order valence-corrected chi connectivity index (χ1v) is 13.3. The Bertz CT molecular complexity index is 1420. The summed E-state index contributed by atoms with van der Waals surface area (Å²) in [5, 5.41) is 0.576. The molecule has 0 saturated carbocycles. The third-order valence-corrected chi connectivity index (χ3v) is 8.53. The van der Waals surface area contributed by atoms with Gasteiger partial charge in [0, 0.05) is 18.8 Å². The number of aromatic nitrogens is 2. The average Bonchev–Trinajstić information content (AvgIpc) is 3.25. The second kappa shape index (κ2) is 9.99. The molecule has 1 amide bonds. The first-order valence-electron chi connectivity index (χ1n) is 10.8. The molecule has 0 spiro atoms. The smallest absolute Gasteiger partial charge is 0.229 e. The number of hydrogen-bond donors (Lipinski definition) is 0. The number of halogens is 1. The van der Waals surface area contributed by atoms with Crippen LogP contribution in [0.1, 0.15) is 29.5 Å². The van der Waals surface area contributed by atoms with E-state index < -0.39 is 15.7 Å². The Morgan fingerprint density at radius 3 is 2.44 bits per heavy atom. The topological polar surface area (TPSA) is 80.2 Å². The number of nitrogens with zero attached hydrogens (tertiary/aromatic N) is 3. The van der Waals surface area contributed by atoms with Gasteiger partial charge in [-0.25, -0.2) is 17.8 Å². The van der Waals surface area contributed by atoms with Gasteiger partial charge in [-0.05, 0) is 79.4 Å². The number of carbonyl (C=O) groups is 1. The summed E-state index contributed by atoms with van der Waals surface area (Å²) < 4.78 is 39.3. The molecule has 0 aliphatic rings. The van der Waals surface area contributed by atoms with Crippen molar-refractivity contribution < 1.29 is 17.6 Å². The van der Waals surface area contributed by atoms with E-state index in [2.05, 4.69) is 4.98 Å². The highest BCUT2D eigenvalue weighted by Gasteiger charge is 2.22. The van der Waals surface area contributed by atoms with Gasteiger partial charge in [0.1, 0.15) is 5.82 Å². The van der Waals surface area contributed by atoms with Crippen molar-refractivity contribution in [2.45, 2.75) is 38.1 Å². The van der Waals surface area contributed by atoms with Gasteiger partial charge in [0.2, 0.25) is 5.91 Å². The molecule has 0 unspecified atom stereocenters. The molecule has 0 atom stereocenters. The normalized spacial score (nSPS) is 11.6. The molecule has 9 heteroatoms. The van der Waals surface area contributed by atoms with Crippen LogP contribution in [0.2, 0.25) is 0 Å². The molecule has 2 aromatic carbocycles. The van der Waals surface area contributed by atoms with Gasteiger partial charge in [-0.3, -0.25) is 14.7 Å². The van der Waals surface area contributed by atoms with Crippen molar-refractivity contribution in [3.63, 3.8) is 0 Å². The number of rotatable bonds is 8. The molecule has 0 bridgehead atoms. The van der Waals surface area contributed by atoms with E-state index in [1.54, 1.807) is 17.3 Å². The Labute approximate surface area is 202 Å². The van der Waals surface area contributed by atoms with Crippen LogP contribution in [0, 0.1) is 19.7 Å². The first-order chi connectivity index (χ1) is 16.2. The van der Waals surface area contributed by atoms with E-state index in [0.29, 0.717) is 11.7 Å². The highest BCUT2D eigenvalue weighted by Crippen LogP contribution is 2.33. The highest BCUT2D eigenvalue weighted by atomic mass is 32.2. The third-order valence-electron chi connectivity index (χ3n) is 5.67. The Kier molecular flexibility index (Phi) is 7.04. The molecule has 2 heterocycles. The molecule has 0 radical (unpaired) electrons. The maximum atomic E-state index is 13.3. The largest absolute Gasteiger partial charge is 0.284 e. The van der Waals surface area contributed by atoms with Crippen LogP contribution in [0.15, 0.2) is 65.8 Å². The summed E-state index contributed by atoms with van der Waals surface area (Å²) in [4.78, 5) is 23.7. The fourth-order valence-electron chi connectivity index (χ4n) is 3.57. The van der Waals surface area contributed by atoms with Crippen molar-refractivity contribution in [3.8, 4) is 0 Å². The van der Waals surface area contributed by atoms with Gasteiger partial charge < -0.3 is 0 Å². The van der Waals surface area contributed by atoms with Crippen molar-refractivity contribution in [1.82, 2.24) is 9.97 Å². The lowest BCUT2D eigenvalue weighted by Gasteiger charge is -2.20. The standard InChI is InChI=1S/C25H24FN3O3S2/c1-17-5-10-22-24(18(17)2)28-25(33-22)29(16-19-11-13-27-14-12-19)23(30)4-3-15-34(31,32)21-8-6-20(26)7-9-21/h5-14H,3-4,15-16H2,1-2H3. The average molecular weight is 498 g/mol. The van der Waals surface area contributed by atoms with Gasteiger partial charge in [0.15, 0.2) is 15.0 Å². The molecule has 176 valence electrons. The van der Waals surface area contributed by atoms with Gasteiger partial charge in [-0.15, -0.1) is 0 Å². The number of hydrogen-bond acceptors (Lipinski definition) is 6. The summed E-state index contributed by atoms with van der Waals surface area (Å²) in [6.45, 7) is 4.34. The highest BCUT2D eigenvalue weighted by molar-refractivity contribution is 7.91. The van der Waals surface area contributed by atoms with Crippen molar-refractivity contribution in [2.75, 3.05) is 10.7 Å². The van der Waals surface area contributed by atoms with Crippen molar-refractivity contribution in [1.29, 1.82) is 0 Å². The molecule has 4 aromatic rings. The molecule has 6 nitrogen and oxygen atoms in total. The van der Waals surface area contributed by atoms with Crippen LogP contribution in [0.4, 0.5) is 9.52 Å². The Hall–Kier alpha value is -3.17. The minimum absolute atomic E-state index is 0.0411. The zero-order valence-electron chi connectivity index (χ0n) is 18.9. The van der Waals surface area contributed by atoms with E-state index in [0.717, 1.165) is 39.0 Å². The monoisotopic (exact) mass is 497 g/mol. The van der Waals surface area contributed by atoms with Crippen LogP contribution in [-0.2, 0) is 21.2 Å². The van der Waals surface area contributed by atoms with Gasteiger partial charge >= 0.3 is 0 Å². The number of anilines is 1. The van der Waals surface area contributed by atoms with E-state index in [9.17, 15) is 17.6 Å². The SMILES string of the molecule is Cc1ccc2sc(N(Cc3ccncc3)C(=O)CCCS(=O)(=O)c3ccc(F)cc3)nc2c1C. The summed E-state index contributed by atoms with van der Waals surface area (Å²) in [7, 11) is -3.61. The molecule has 0 N–H and O–H groups in total. The lowest BCUT2D eigenvalue weighted by molar-refractivity contribution is -0.118. The van der Waals surface area contributed by atoms with Gasteiger partial charge in [-0.1, -0.05) is 17.4 Å². The predicted octanol–water partition coefficient (Wildman–Crippen LogP) is 5.23. The number of pyridine rings is 1. The van der Waals surface area contributed by atoms with E-state index >= 15 is 0 Å². The molecule has 0 aliphatic heterocycles. The number of aryl methyl sites for hydroxylation is 2. The molecule has 0 aliphatic carbocycles. The fourth-order valence-corrected chi connectivity index (χ4v) is 5.92. The van der Waals surface area contributed by atoms with Crippen LogP contribution < -0.4 is 4.90 Å². The number of benzene rings is 2. The first kappa shape index (κ1) is 24.0. The predicted molar refractivity (Wildman–Crippen MR) is 132 cm³/mol. The van der Waals surface area contributed by atoms with Crippen molar-refractivity contribution in [2.24, 2.45) is 0 Å². The Morgan fingerprint density at radius 2 is 1.74 bits per heavy atom. The second-order valence-corrected chi connectivity index (χ2v) is 11.2. The molecular formula is C25H24FN3O3S2. The summed E-state index contributed by atoms with van der Waals surface area (Å²) >= 11 is 1.44. The molecule has 34 heavy (non-hydrogen) atoms. The summed E-state index contributed by atoms with van der Waals surface area (Å²) in [5.41, 5.74) is 3.96. The van der Waals surface area contributed by atoms with E-state index in [1.165, 1.54) is 23.5 Å². The summed E-state index contributed by atoms with van der Waals surface area (Å²) in [6.07, 6.45) is 3.52. The number of fused-ring (bicyclic) bond motifs is 1. The van der Waals surface area contributed by atoms with Crippen LogP contribution in [0.3, 0.4) is 0 Å².